The molecule has 1 amide bonds. The number of amides is 1. The summed E-state index contributed by atoms with van der Waals surface area (Å²) in [6.07, 6.45) is -1.08. The van der Waals surface area contributed by atoms with Gasteiger partial charge in [0.25, 0.3) is 5.91 Å². The van der Waals surface area contributed by atoms with Crippen molar-refractivity contribution in [1.29, 1.82) is 0 Å². The number of benzene rings is 2. The van der Waals surface area contributed by atoms with Crippen LogP contribution in [0.15, 0.2) is 48.5 Å². The van der Waals surface area contributed by atoms with Gasteiger partial charge in [0.1, 0.15) is 5.76 Å². The Labute approximate surface area is 125 Å². The summed E-state index contributed by atoms with van der Waals surface area (Å²) in [6, 6.07) is 14.3. The van der Waals surface area contributed by atoms with Crippen molar-refractivity contribution in [2.75, 3.05) is 5.32 Å². The Kier molecular flexibility index (Phi) is 2.56. The molecular weight excluding hydrogens is 282 g/mol. The largest absolute Gasteiger partial charge is 0.478 e. The van der Waals surface area contributed by atoms with E-state index in [0.717, 1.165) is 5.56 Å². The monoisotopic (exact) mass is 293 g/mol. The van der Waals surface area contributed by atoms with Gasteiger partial charge in [-0.3, -0.25) is 4.79 Å². The van der Waals surface area contributed by atoms with Crippen LogP contribution in [0, 0.1) is 0 Å². The Bertz CT molecular complexity index is 853. The highest BCUT2D eigenvalue weighted by Gasteiger charge is 2.38. The normalized spacial score (nSPS) is 21.8. The molecule has 0 aromatic heterocycles. The molecule has 2 aliphatic heterocycles. The minimum atomic E-state index is -1.08. The standard InChI is InChI=1S/C17H11NO4/c19-16-13(11-7-3-4-8-12(11)18-16)14-9-5-1-2-6-10(9)15(22-14)17(20)21/h1-8,15H,(H,18,19)(H,20,21). The Morgan fingerprint density at radius 3 is 2.50 bits per heavy atom. The van der Waals surface area contributed by atoms with Gasteiger partial charge in [-0.25, -0.2) is 4.79 Å². The number of para-hydroxylation sites is 1. The minimum Gasteiger partial charge on any atom is -0.478 e. The summed E-state index contributed by atoms with van der Waals surface area (Å²) in [7, 11) is 0. The first-order chi connectivity index (χ1) is 10.7. The van der Waals surface area contributed by atoms with Crippen LogP contribution >= 0.6 is 0 Å². The first kappa shape index (κ1) is 12.6. The molecule has 1 unspecified atom stereocenters. The second kappa shape index (κ2) is 4.46. The third-order valence-electron chi connectivity index (χ3n) is 3.85. The highest BCUT2D eigenvalue weighted by molar-refractivity contribution is 6.36. The van der Waals surface area contributed by atoms with Crippen LogP contribution in [0.3, 0.4) is 0 Å². The first-order valence-corrected chi connectivity index (χ1v) is 6.80. The van der Waals surface area contributed by atoms with Crippen molar-refractivity contribution in [2.45, 2.75) is 6.10 Å². The molecular formula is C17H11NO4. The van der Waals surface area contributed by atoms with Crippen molar-refractivity contribution in [3.8, 4) is 0 Å². The van der Waals surface area contributed by atoms with Crippen LogP contribution in [0.2, 0.25) is 0 Å². The molecule has 2 aliphatic rings. The number of carbonyl (C=O) groups is 2. The number of ether oxygens (including phenoxy) is 1. The Balaban J connectivity index is 1.98. The van der Waals surface area contributed by atoms with E-state index < -0.39 is 12.1 Å². The molecule has 0 spiro atoms. The number of anilines is 1. The summed E-state index contributed by atoms with van der Waals surface area (Å²) in [6.45, 7) is 0. The van der Waals surface area contributed by atoms with Crippen molar-refractivity contribution in [1.82, 2.24) is 0 Å². The molecule has 1 atom stereocenters. The molecule has 0 saturated carbocycles. The molecule has 0 aliphatic carbocycles. The van der Waals surface area contributed by atoms with E-state index in [0.29, 0.717) is 28.1 Å². The molecule has 2 N–H and O–H groups in total. The van der Waals surface area contributed by atoms with Gasteiger partial charge in [0.2, 0.25) is 6.10 Å². The van der Waals surface area contributed by atoms with Crippen LogP contribution in [0.4, 0.5) is 5.69 Å². The number of carbonyl (C=O) groups excluding carboxylic acids is 1. The fraction of sp³-hybridized carbons (Fsp3) is 0.0588. The van der Waals surface area contributed by atoms with Crippen molar-refractivity contribution in [3.05, 3.63) is 65.2 Å². The molecule has 22 heavy (non-hydrogen) atoms. The lowest BCUT2D eigenvalue weighted by molar-refractivity contribution is -0.146. The lowest BCUT2D eigenvalue weighted by atomic mass is 9.99. The number of hydrogen-bond donors (Lipinski definition) is 2. The molecule has 0 radical (unpaired) electrons. The second-order valence-corrected chi connectivity index (χ2v) is 5.13. The molecule has 2 heterocycles. The van der Waals surface area contributed by atoms with Gasteiger partial charge in [0.05, 0.1) is 5.57 Å². The molecule has 108 valence electrons. The predicted molar refractivity (Wildman–Crippen MR) is 79.8 cm³/mol. The number of rotatable bonds is 1. The van der Waals surface area contributed by atoms with Gasteiger partial charge < -0.3 is 15.2 Å². The number of aliphatic carboxylic acids is 1. The van der Waals surface area contributed by atoms with E-state index in [2.05, 4.69) is 5.32 Å². The van der Waals surface area contributed by atoms with E-state index in [-0.39, 0.29) is 5.91 Å². The van der Waals surface area contributed by atoms with Crippen LogP contribution in [0.1, 0.15) is 22.8 Å². The molecule has 0 bridgehead atoms. The van der Waals surface area contributed by atoms with Crippen LogP contribution < -0.4 is 5.32 Å². The molecule has 0 fully saturated rings. The maximum absolute atomic E-state index is 12.3. The van der Waals surface area contributed by atoms with Crippen molar-refractivity contribution in [3.63, 3.8) is 0 Å². The first-order valence-electron chi connectivity index (χ1n) is 6.80. The molecule has 5 heteroatoms. The summed E-state index contributed by atoms with van der Waals surface area (Å²) in [4.78, 5) is 23.7. The van der Waals surface area contributed by atoms with Gasteiger partial charge in [-0.2, -0.15) is 0 Å². The Morgan fingerprint density at radius 1 is 1.05 bits per heavy atom. The zero-order valence-corrected chi connectivity index (χ0v) is 11.4. The lowest BCUT2D eigenvalue weighted by Crippen LogP contribution is -2.10. The van der Waals surface area contributed by atoms with Crippen LogP contribution in [-0.2, 0) is 14.3 Å². The van der Waals surface area contributed by atoms with E-state index in [1.54, 1.807) is 30.3 Å². The third kappa shape index (κ3) is 1.65. The van der Waals surface area contributed by atoms with E-state index >= 15 is 0 Å². The van der Waals surface area contributed by atoms with Gasteiger partial charge in [-0.1, -0.05) is 42.5 Å². The van der Waals surface area contributed by atoms with Crippen molar-refractivity contribution >= 4 is 28.9 Å². The Morgan fingerprint density at radius 2 is 1.73 bits per heavy atom. The van der Waals surface area contributed by atoms with Crippen molar-refractivity contribution < 1.29 is 19.4 Å². The maximum Gasteiger partial charge on any atom is 0.349 e. The second-order valence-electron chi connectivity index (χ2n) is 5.13. The fourth-order valence-electron chi connectivity index (χ4n) is 2.90. The smallest absolute Gasteiger partial charge is 0.349 e. The van der Waals surface area contributed by atoms with Gasteiger partial charge in [-0.15, -0.1) is 0 Å². The number of carboxylic acid groups (broad SMARTS) is 1. The lowest BCUT2D eigenvalue weighted by Gasteiger charge is -2.07. The van der Waals surface area contributed by atoms with Gasteiger partial charge in [0.15, 0.2) is 0 Å². The highest BCUT2D eigenvalue weighted by atomic mass is 16.5. The summed E-state index contributed by atoms with van der Waals surface area (Å²) in [5, 5.41) is 12.1. The summed E-state index contributed by atoms with van der Waals surface area (Å²) < 4.78 is 5.62. The van der Waals surface area contributed by atoms with Gasteiger partial charge in [0, 0.05) is 22.4 Å². The molecule has 2 aromatic carbocycles. The highest BCUT2D eigenvalue weighted by Crippen LogP contribution is 2.45. The van der Waals surface area contributed by atoms with Crippen LogP contribution in [-0.4, -0.2) is 17.0 Å². The molecule has 5 nitrogen and oxygen atoms in total. The van der Waals surface area contributed by atoms with Crippen molar-refractivity contribution in [2.24, 2.45) is 0 Å². The zero-order valence-electron chi connectivity index (χ0n) is 11.4. The Hall–Kier alpha value is -3.08. The molecule has 4 rings (SSSR count). The van der Waals surface area contributed by atoms with Gasteiger partial charge in [-0.05, 0) is 6.07 Å². The average Bonchev–Trinajstić information content (AvgIpc) is 3.04. The summed E-state index contributed by atoms with van der Waals surface area (Å²) in [5.41, 5.74) is 3.02. The fourth-order valence-corrected chi connectivity index (χ4v) is 2.90. The summed E-state index contributed by atoms with van der Waals surface area (Å²) in [5.74, 6) is -1.03. The third-order valence-corrected chi connectivity index (χ3v) is 3.85. The zero-order chi connectivity index (χ0) is 15.3. The van der Waals surface area contributed by atoms with Crippen LogP contribution in [0.5, 0.6) is 0 Å². The van der Waals surface area contributed by atoms with E-state index in [4.69, 9.17) is 4.74 Å². The number of hydrogen-bond acceptors (Lipinski definition) is 3. The molecule has 0 saturated heterocycles. The summed E-state index contributed by atoms with van der Waals surface area (Å²) >= 11 is 0. The van der Waals surface area contributed by atoms with E-state index in [1.807, 2.05) is 18.2 Å². The SMILES string of the molecule is O=C1Nc2ccccc2C1=C1OC(C(=O)O)c2ccccc21. The molecule has 2 aromatic rings. The number of fused-ring (bicyclic) bond motifs is 2. The van der Waals surface area contributed by atoms with E-state index in [9.17, 15) is 14.7 Å². The predicted octanol–water partition coefficient (Wildman–Crippen LogP) is 2.66. The topological polar surface area (TPSA) is 75.6 Å². The number of nitrogens with one attached hydrogen (secondary N) is 1. The van der Waals surface area contributed by atoms with Gasteiger partial charge >= 0.3 is 5.97 Å². The van der Waals surface area contributed by atoms with E-state index in [1.165, 1.54) is 0 Å². The minimum absolute atomic E-state index is 0.281. The quantitative estimate of drug-likeness (QED) is 0.793. The number of carboxylic acids is 1. The average molecular weight is 293 g/mol. The maximum atomic E-state index is 12.3. The van der Waals surface area contributed by atoms with Crippen LogP contribution in [0.25, 0.3) is 11.3 Å².